The van der Waals surface area contributed by atoms with Gasteiger partial charge in [0.25, 0.3) is 0 Å². The Balaban J connectivity index is 1.99. The topological polar surface area (TPSA) is 24.1 Å². The molecule has 2 atom stereocenters. The Morgan fingerprint density at radius 1 is 1.06 bits per heavy atom. The van der Waals surface area contributed by atoms with Gasteiger partial charge in [-0.25, -0.2) is 0 Å². The first kappa shape index (κ1) is 14.0. The van der Waals surface area contributed by atoms with E-state index in [0.29, 0.717) is 6.04 Å². The number of hydrogen-bond acceptors (Lipinski definition) is 2. The summed E-state index contributed by atoms with van der Waals surface area (Å²) in [4.78, 5) is 0. The number of hydrogen-bond donors (Lipinski definition) is 2. The molecule has 2 unspecified atom stereocenters. The van der Waals surface area contributed by atoms with E-state index in [1.807, 2.05) is 0 Å². The minimum Gasteiger partial charge on any atom is -0.314 e. The molecule has 0 saturated heterocycles. The maximum absolute atomic E-state index is 3.72. The van der Waals surface area contributed by atoms with Crippen LogP contribution in [0.4, 0.5) is 0 Å². The first-order valence-corrected chi connectivity index (χ1v) is 7.15. The van der Waals surface area contributed by atoms with Crippen molar-refractivity contribution in [2.24, 2.45) is 5.92 Å². The summed E-state index contributed by atoms with van der Waals surface area (Å²) in [5.74, 6) is 0.953. The third-order valence-corrected chi connectivity index (χ3v) is 3.60. The van der Waals surface area contributed by atoms with Gasteiger partial charge < -0.3 is 10.6 Å². The maximum Gasteiger partial charge on any atom is 0.00671 e. The van der Waals surface area contributed by atoms with Gasteiger partial charge in [0.2, 0.25) is 0 Å². The third kappa shape index (κ3) is 6.49. The molecule has 1 rings (SSSR count). The zero-order valence-electron chi connectivity index (χ0n) is 11.4. The molecular formula is C14H30N2. The quantitative estimate of drug-likeness (QED) is 0.537. The Bertz CT molecular complexity index is 168. The highest BCUT2D eigenvalue weighted by Gasteiger charge is 2.14. The SMILES string of the molecule is CC1CCCC(NCCCNC(C)C)CC1. The Hall–Kier alpha value is -0.0800. The molecule has 16 heavy (non-hydrogen) atoms. The molecule has 2 nitrogen and oxygen atoms in total. The van der Waals surface area contributed by atoms with Crippen LogP contribution in [0.5, 0.6) is 0 Å². The molecule has 0 heterocycles. The van der Waals surface area contributed by atoms with Crippen LogP contribution in [-0.4, -0.2) is 25.2 Å². The summed E-state index contributed by atoms with van der Waals surface area (Å²) < 4.78 is 0. The van der Waals surface area contributed by atoms with Crippen LogP contribution in [0.2, 0.25) is 0 Å². The molecule has 0 amide bonds. The molecule has 0 aliphatic heterocycles. The maximum atomic E-state index is 3.72. The summed E-state index contributed by atoms with van der Waals surface area (Å²) in [5.41, 5.74) is 0. The highest BCUT2D eigenvalue weighted by Crippen LogP contribution is 2.22. The lowest BCUT2D eigenvalue weighted by atomic mass is 10.0. The number of nitrogens with one attached hydrogen (secondary N) is 2. The van der Waals surface area contributed by atoms with Gasteiger partial charge >= 0.3 is 0 Å². The summed E-state index contributed by atoms with van der Waals surface area (Å²) >= 11 is 0. The van der Waals surface area contributed by atoms with Crippen molar-refractivity contribution in [1.29, 1.82) is 0 Å². The Kier molecular flexibility index (Phi) is 7.06. The average Bonchev–Trinajstić information content (AvgIpc) is 2.43. The molecule has 2 heteroatoms. The van der Waals surface area contributed by atoms with E-state index in [9.17, 15) is 0 Å². The van der Waals surface area contributed by atoms with Crippen LogP contribution >= 0.6 is 0 Å². The molecule has 0 aromatic heterocycles. The van der Waals surface area contributed by atoms with Crippen LogP contribution in [0, 0.1) is 5.92 Å². The second-order valence-corrected chi connectivity index (χ2v) is 5.73. The lowest BCUT2D eigenvalue weighted by molar-refractivity contribution is 0.438. The van der Waals surface area contributed by atoms with Gasteiger partial charge in [0.1, 0.15) is 0 Å². The van der Waals surface area contributed by atoms with Crippen LogP contribution in [0.3, 0.4) is 0 Å². The fourth-order valence-corrected chi connectivity index (χ4v) is 2.48. The molecular weight excluding hydrogens is 196 g/mol. The van der Waals surface area contributed by atoms with E-state index < -0.39 is 0 Å². The fourth-order valence-electron chi connectivity index (χ4n) is 2.48. The molecule has 0 aromatic rings. The Morgan fingerprint density at radius 2 is 1.88 bits per heavy atom. The molecule has 0 aromatic carbocycles. The molecule has 96 valence electrons. The smallest absolute Gasteiger partial charge is 0.00671 e. The minimum absolute atomic E-state index is 0.624. The van der Waals surface area contributed by atoms with Gasteiger partial charge in [-0.05, 0) is 44.7 Å². The molecule has 2 N–H and O–H groups in total. The van der Waals surface area contributed by atoms with E-state index in [0.717, 1.165) is 18.5 Å². The van der Waals surface area contributed by atoms with Crippen molar-refractivity contribution in [3.05, 3.63) is 0 Å². The van der Waals surface area contributed by atoms with Crippen LogP contribution in [0.15, 0.2) is 0 Å². The molecule has 1 aliphatic carbocycles. The predicted octanol–water partition coefficient (Wildman–Crippen LogP) is 2.93. The van der Waals surface area contributed by atoms with E-state index >= 15 is 0 Å². The zero-order valence-corrected chi connectivity index (χ0v) is 11.4. The van der Waals surface area contributed by atoms with Crippen LogP contribution in [0.1, 0.15) is 59.3 Å². The largest absolute Gasteiger partial charge is 0.314 e. The van der Waals surface area contributed by atoms with Crippen molar-refractivity contribution in [1.82, 2.24) is 10.6 Å². The van der Waals surface area contributed by atoms with Crippen molar-refractivity contribution in [3.8, 4) is 0 Å². The van der Waals surface area contributed by atoms with Crippen molar-refractivity contribution in [3.63, 3.8) is 0 Å². The minimum atomic E-state index is 0.624. The monoisotopic (exact) mass is 226 g/mol. The molecule has 1 fully saturated rings. The standard InChI is InChI=1S/C14H30N2/c1-12(2)15-10-5-11-16-14-7-4-6-13(3)8-9-14/h12-16H,4-11H2,1-3H3. The van der Waals surface area contributed by atoms with Gasteiger partial charge in [0, 0.05) is 12.1 Å². The molecule has 0 radical (unpaired) electrons. The summed E-state index contributed by atoms with van der Waals surface area (Å²) in [7, 11) is 0. The van der Waals surface area contributed by atoms with Crippen molar-refractivity contribution in [2.45, 2.75) is 71.4 Å². The predicted molar refractivity (Wildman–Crippen MR) is 71.8 cm³/mol. The van der Waals surface area contributed by atoms with Crippen molar-refractivity contribution in [2.75, 3.05) is 13.1 Å². The lowest BCUT2D eigenvalue weighted by Crippen LogP contribution is -2.32. The Morgan fingerprint density at radius 3 is 2.62 bits per heavy atom. The van der Waals surface area contributed by atoms with Gasteiger partial charge in [-0.1, -0.05) is 33.6 Å². The summed E-state index contributed by atoms with van der Waals surface area (Å²) in [5, 5.41) is 7.18. The lowest BCUT2D eigenvalue weighted by Gasteiger charge is -2.16. The van der Waals surface area contributed by atoms with Crippen LogP contribution in [-0.2, 0) is 0 Å². The van der Waals surface area contributed by atoms with E-state index in [1.54, 1.807) is 0 Å². The van der Waals surface area contributed by atoms with E-state index in [-0.39, 0.29) is 0 Å². The molecule has 1 saturated carbocycles. The van der Waals surface area contributed by atoms with Gasteiger partial charge in [-0.3, -0.25) is 0 Å². The second kappa shape index (κ2) is 8.08. The third-order valence-electron chi connectivity index (χ3n) is 3.60. The first-order valence-electron chi connectivity index (χ1n) is 7.15. The summed E-state index contributed by atoms with van der Waals surface area (Å²) in [6.07, 6.45) is 8.31. The molecule has 1 aliphatic rings. The highest BCUT2D eigenvalue weighted by molar-refractivity contribution is 4.73. The van der Waals surface area contributed by atoms with Gasteiger partial charge in [-0.15, -0.1) is 0 Å². The van der Waals surface area contributed by atoms with Gasteiger partial charge in [0.15, 0.2) is 0 Å². The molecule has 0 spiro atoms. The Labute approximate surface area is 102 Å². The molecule has 0 bridgehead atoms. The zero-order chi connectivity index (χ0) is 11.8. The fraction of sp³-hybridized carbons (Fsp3) is 1.00. The van der Waals surface area contributed by atoms with Crippen LogP contribution in [0.25, 0.3) is 0 Å². The first-order chi connectivity index (χ1) is 7.68. The van der Waals surface area contributed by atoms with E-state index in [2.05, 4.69) is 31.4 Å². The summed E-state index contributed by atoms with van der Waals surface area (Å²) in [6.45, 7) is 9.14. The number of rotatable bonds is 6. The van der Waals surface area contributed by atoms with Crippen molar-refractivity contribution >= 4 is 0 Å². The van der Waals surface area contributed by atoms with Crippen LogP contribution < -0.4 is 10.6 Å². The summed E-state index contributed by atoms with van der Waals surface area (Å²) in [6, 6.07) is 1.42. The highest BCUT2D eigenvalue weighted by atomic mass is 14.9. The van der Waals surface area contributed by atoms with Crippen molar-refractivity contribution < 1.29 is 0 Å². The van der Waals surface area contributed by atoms with E-state index in [4.69, 9.17) is 0 Å². The van der Waals surface area contributed by atoms with E-state index in [1.165, 1.54) is 45.1 Å². The second-order valence-electron chi connectivity index (χ2n) is 5.73. The normalized spacial score (nSPS) is 27.0. The average molecular weight is 226 g/mol. The van der Waals surface area contributed by atoms with Gasteiger partial charge in [0.05, 0.1) is 0 Å². The van der Waals surface area contributed by atoms with Gasteiger partial charge in [-0.2, -0.15) is 0 Å².